The molecule has 0 radical (unpaired) electrons. The van der Waals surface area contributed by atoms with Crippen LogP contribution in [-0.4, -0.2) is 18.0 Å². The summed E-state index contributed by atoms with van der Waals surface area (Å²) in [6.45, 7) is 1.55. The zero-order valence-corrected chi connectivity index (χ0v) is 14.7. The van der Waals surface area contributed by atoms with Crippen molar-refractivity contribution in [1.82, 2.24) is 0 Å². The van der Waals surface area contributed by atoms with E-state index in [4.69, 9.17) is 10.00 Å². The molecule has 0 fully saturated rings. The van der Waals surface area contributed by atoms with Gasteiger partial charge in [0, 0.05) is 15.9 Å². The van der Waals surface area contributed by atoms with Gasteiger partial charge in [0.05, 0.1) is 17.2 Å². The number of amides is 1. The number of esters is 1. The van der Waals surface area contributed by atoms with Gasteiger partial charge in [-0.15, -0.1) is 11.3 Å². The Hall–Kier alpha value is -2.65. The fourth-order valence-electron chi connectivity index (χ4n) is 2.81. The van der Waals surface area contributed by atoms with Crippen molar-refractivity contribution in [2.75, 3.05) is 5.32 Å². The number of nitriles is 1. The Morgan fingerprint density at radius 1 is 1.24 bits per heavy atom. The fraction of sp³-hybridized carbons (Fsp3) is 0.316. The van der Waals surface area contributed by atoms with Crippen molar-refractivity contribution >= 4 is 28.9 Å². The second-order valence-corrected chi connectivity index (χ2v) is 6.95. The Morgan fingerprint density at radius 3 is 2.68 bits per heavy atom. The molecule has 0 unspecified atom stereocenters. The lowest BCUT2D eigenvalue weighted by atomic mass is 9.96. The molecular formula is C19H18N2O3S. The van der Waals surface area contributed by atoms with Crippen LogP contribution in [0.4, 0.5) is 5.69 Å². The molecular weight excluding hydrogens is 336 g/mol. The van der Waals surface area contributed by atoms with Gasteiger partial charge in [0.15, 0.2) is 6.10 Å². The highest BCUT2D eigenvalue weighted by Crippen LogP contribution is 2.30. The SMILES string of the molecule is C[C@H](OC(=O)c1csc2c1CCCC2)C(=O)Nc1ccc(C#N)cc1. The number of nitrogens with zero attached hydrogens (tertiary/aromatic N) is 1. The van der Waals surface area contributed by atoms with Crippen LogP contribution in [0.15, 0.2) is 29.6 Å². The molecule has 25 heavy (non-hydrogen) atoms. The van der Waals surface area contributed by atoms with Gasteiger partial charge >= 0.3 is 5.97 Å². The first kappa shape index (κ1) is 17.2. The number of nitrogens with one attached hydrogen (secondary N) is 1. The summed E-state index contributed by atoms with van der Waals surface area (Å²) in [6.07, 6.45) is 3.25. The molecule has 5 nitrogen and oxygen atoms in total. The normalized spacial score (nSPS) is 14.1. The molecule has 2 aromatic rings. The van der Waals surface area contributed by atoms with Gasteiger partial charge < -0.3 is 10.1 Å². The summed E-state index contributed by atoms with van der Waals surface area (Å²) in [5.74, 6) is -0.843. The second-order valence-electron chi connectivity index (χ2n) is 5.98. The first-order valence-corrected chi connectivity index (χ1v) is 9.07. The van der Waals surface area contributed by atoms with Crippen LogP contribution in [0.25, 0.3) is 0 Å². The van der Waals surface area contributed by atoms with Crippen LogP contribution >= 0.6 is 11.3 Å². The zero-order chi connectivity index (χ0) is 17.8. The van der Waals surface area contributed by atoms with E-state index in [1.54, 1.807) is 42.5 Å². The number of rotatable bonds is 4. The zero-order valence-electron chi connectivity index (χ0n) is 13.9. The summed E-state index contributed by atoms with van der Waals surface area (Å²) in [5.41, 5.74) is 2.75. The molecule has 0 spiro atoms. The third-order valence-corrected chi connectivity index (χ3v) is 5.30. The average Bonchev–Trinajstić information content (AvgIpc) is 3.06. The molecule has 1 aromatic carbocycles. The Kier molecular flexibility index (Phi) is 5.15. The molecule has 128 valence electrons. The lowest BCUT2D eigenvalue weighted by Gasteiger charge is -2.15. The molecule has 1 N–H and O–H groups in total. The van der Waals surface area contributed by atoms with Crippen LogP contribution in [-0.2, 0) is 22.4 Å². The third kappa shape index (κ3) is 3.89. The maximum atomic E-state index is 12.4. The molecule has 1 aromatic heterocycles. The van der Waals surface area contributed by atoms with Crippen molar-refractivity contribution in [1.29, 1.82) is 5.26 Å². The van der Waals surface area contributed by atoms with E-state index in [9.17, 15) is 9.59 Å². The second kappa shape index (κ2) is 7.49. The Bertz CT molecular complexity index is 833. The molecule has 0 aliphatic heterocycles. The van der Waals surface area contributed by atoms with E-state index < -0.39 is 18.0 Å². The molecule has 0 saturated heterocycles. The topological polar surface area (TPSA) is 79.2 Å². The molecule has 6 heteroatoms. The fourth-order valence-corrected chi connectivity index (χ4v) is 3.93. The number of aryl methyl sites for hydroxylation is 1. The highest BCUT2D eigenvalue weighted by atomic mass is 32.1. The van der Waals surface area contributed by atoms with Gasteiger partial charge in [0.2, 0.25) is 0 Å². The standard InChI is InChI=1S/C19H18N2O3S/c1-12(18(22)21-14-8-6-13(10-20)7-9-14)24-19(23)16-11-25-17-5-3-2-4-15(16)17/h6-9,11-12H,2-5H2,1H3,(H,21,22)/t12-/m0/s1. The van der Waals surface area contributed by atoms with E-state index in [1.165, 1.54) is 4.88 Å². The largest absolute Gasteiger partial charge is 0.449 e. The van der Waals surface area contributed by atoms with Gasteiger partial charge in [0.25, 0.3) is 5.91 Å². The number of ether oxygens (including phenoxy) is 1. The molecule has 3 rings (SSSR count). The molecule has 1 atom stereocenters. The van der Waals surface area contributed by atoms with Crippen LogP contribution in [0.3, 0.4) is 0 Å². The van der Waals surface area contributed by atoms with Crippen molar-refractivity contribution < 1.29 is 14.3 Å². The van der Waals surface area contributed by atoms with E-state index in [1.807, 2.05) is 11.4 Å². The van der Waals surface area contributed by atoms with Crippen molar-refractivity contribution in [3.8, 4) is 6.07 Å². The Balaban J connectivity index is 1.62. The van der Waals surface area contributed by atoms with Crippen molar-refractivity contribution in [2.45, 2.75) is 38.7 Å². The molecule has 1 heterocycles. The predicted octanol–water partition coefficient (Wildman–Crippen LogP) is 3.68. The highest BCUT2D eigenvalue weighted by Gasteiger charge is 2.24. The van der Waals surface area contributed by atoms with E-state index in [2.05, 4.69) is 5.32 Å². The number of carbonyl (C=O) groups is 2. The first-order valence-electron chi connectivity index (χ1n) is 8.19. The van der Waals surface area contributed by atoms with Crippen LogP contribution in [0.1, 0.15) is 46.1 Å². The van der Waals surface area contributed by atoms with E-state index in [-0.39, 0.29) is 0 Å². The maximum absolute atomic E-state index is 12.4. The van der Waals surface area contributed by atoms with Gasteiger partial charge in [0.1, 0.15) is 0 Å². The number of hydrogen-bond donors (Lipinski definition) is 1. The van der Waals surface area contributed by atoms with Gasteiger partial charge in [-0.05, 0) is 62.4 Å². The maximum Gasteiger partial charge on any atom is 0.340 e. The minimum Gasteiger partial charge on any atom is -0.449 e. The lowest BCUT2D eigenvalue weighted by molar-refractivity contribution is -0.123. The van der Waals surface area contributed by atoms with Crippen LogP contribution < -0.4 is 5.32 Å². The predicted molar refractivity (Wildman–Crippen MR) is 95.6 cm³/mol. The first-order chi connectivity index (χ1) is 12.1. The number of hydrogen-bond acceptors (Lipinski definition) is 5. The summed E-state index contributed by atoms with van der Waals surface area (Å²) in [7, 11) is 0. The number of thiophene rings is 1. The number of anilines is 1. The van der Waals surface area contributed by atoms with E-state index >= 15 is 0 Å². The lowest BCUT2D eigenvalue weighted by Crippen LogP contribution is -2.30. The highest BCUT2D eigenvalue weighted by molar-refractivity contribution is 7.10. The molecule has 0 bridgehead atoms. The summed E-state index contributed by atoms with van der Waals surface area (Å²) in [6, 6.07) is 8.52. The molecule has 1 aliphatic rings. The van der Waals surface area contributed by atoms with Gasteiger partial charge in [-0.25, -0.2) is 4.79 Å². The minimum absolute atomic E-state index is 0.401. The van der Waals surface area contributed by atoms with Crippen molar-refractivity contribution in [2.24, 2.45) is 0 Å². The Labute approximate surface area is 150 Å². The number of benzene rings is 1. The summed E-state index contributed by atoms with van der Waals surface area (Å²) < 4.78 is 5.34. The van der Waals surface area contributed by atoms with E-state index in [0.29, 0.717) is 16.8 Å². The smallest absolute Gasteiger partial charge is 0.340 e. The molecule has 1 amide bonds. The Morgan fingerprint density at radius 2 is 1.96 bits per heavy atom. The molecule has 1 aliphatic carbocycles. The minimum atomic E-state index is -0.901. The quantitative estimate of drug-likeness (QED) is 0.850. The van der Waals surface area contributed by atoms with Crippen LogP contribution in [0, 0.1) is 11.3 Å². The number of fused-ring (bicyclic) bond motifs is 1. The van der Waals surface area contributed by atoms with Crippen LogP contribution in [0.2, 0.25) is 0 Å². The average molecular weight is 354 g/mol. The summed E-state index contributed by atoms with van der Waals surface area (Å²) in [5, 5.41) is 13.3. The summed E-state index contributed by atoms with van der Waals surface area (Å²) in [4.78, 5) is 25.9. The van der Waals surface area contributed by atoms with Gasteiger partial charge in [-0.2, -0.15) is 5.26 Å². The summed E-state index contributed by atoms with van der Waals surface area (Å²) >= 11 is 1.59. The van der Waals surface area contributed by atoms with Gasteiger partial charge in [-0.1, -0.05) is 0 Å². The molecule has 0 saturated carbocycles. The monoisotopic (exact) mass is 354 g/mol. The van der Waals surface area contributed by atoms with Crippen molar-refractivity contribution in [3.63, 3.8) is 0 Å². The van der Waals surface area contributed by atoms with Gasteiger partial charge in [-0.3, -0.25) is 4.79 Å². The van der Waals surface area contributed by atoms with Crippen LogP contribution in [0.5, 0.6) is 0 Å². The van der Waals surface area contributed by atoms with Crippen molar-refractivity contribution in [3.05, 3.63) is 51.2 Å². The van der Waals surface area contributed by atoms with E-state index in [0.717, 1.165) is 31.2 Å². The number of carbonyl (C=O) groups excluding carboxylic acids is 2. The third-order valence-electron chi connectivity index (χ3n) is 4.22.